The third kappa shape index (κ3) is 3.05. The number of H-pyrrole nitrogens is 2. The standard InChI is InChI=1S/C17H16N4O3/c1-10-13(17(24)21-19-10)8-16(23)20-18-9-14-12-5-3-2-4-11(12)6-7-15(14)22/h2-7,9,22H,8H2,1H3,(H,20,23)(H2,19,21,24)/b18-9-. The maximum atomic E-state index is 11.9. The molecule has 122 valence electrons. The summed E-state index contributed by atoms with van der Waals surface area (Å²) < 4.78 is 0. The van der Waals surface area contributed by atoms with E-state index in [0.29, 0.717) is 16.8 Å². The molecule has 24 heavy (non-hydrogen) atoms. The smallest absolute Gasteiger partial charge is 0.267 e. The summed E-state index contributed by atoms with van der Waals surface area (Å²) in [5.74, 6) is -0.344. The van der Waals surface area contributed by atoms with Crippen molar-refractivity contribution in [2.75, 3.05) is 0 Å². The van der Waals surface area contributed by atoms with Gasteiger partial charge in [0.15, 0.2) is 0 Å². The van der Waals surface area contributed by atoms with Gasteiger partial charge in [0.25, 0.3) is 5.56 Å². The molecule has 1 aromatic heterocycles. The first-order chi connectivity index (χ1) is 11.6. The summed E-state index contributed by atoms with van der Waals surface area (Å²) in [7, 11) is 0. The quantitative estimate of drug-likeness (QED) is 0.432. The Morgan fingerprint density at radius 3 is 2.79 bits per heavy atom. The third-order valence-electron chi connectivity index (χ3n) is 3.76. The van der Waals surface area contributed by atoms with E-state index in [1.165, 1.54) is 6.21 Å². The minimum Gasteiger partial charge on any atom is -0.507 e. The van der Waals surface area contributed by atoms with Crippen molar-refractivity contribution in [2.45, 2.75) is 13.3 Å². The average Bonchev–Trinajstić information content (AvgIpc) is 2.89. The van der Waals surface area contributed by atoms with E-state index < -0.39 is 5.91 Å². The predicted molar refractivity (Wildman–Crippen MR) is 91.2 cm³/mol. The van der Waals surface area contributed by atoms with Crippen molar-refractivity contribution in [3.05, 3.63) is 63.6 Å². The molecule has 3 aromatic rings. The molecule has 0 unspecified atom stereocenters. The van der Waals surface area contributed by atoms with Crippen LogP contribution >= 0.6 is 0 Å². The summed E-state index contributed by atoms with van der Waals surface area (Å²) in [5, 5.41) is 20.8. The van der Waals surface area contributed by atoms with Gasteiger partial charge >= 0.3 is 0 Å². The van der Waals surface area contributed by atoms with Crippen LogP contribution in [0.2, 0.25) is 0 Å². The molecule has 0 fully saturated rings. The molecule has 0 aliphatic rings. The molecule has 4 N–H and O–H groups in total. The predicted octanol–water partition coefficient (Wildman–Crippen LogP) is 1.56. The topological polar surface area (TPSA) is 110 Å². The van der Waals surface area contributed by atoms with Crippen molar-refractivity contribution in [3.8, 4) is 5.75 Å². The molecule has 0 saturated carbocycles. The minimum atomic E-state index is -0.417. The summed E-state index contributed by atoms with van der Waals surface area (Å²) in [4.78, 5) is 23.4. The van der Waals surface area contributed by atoms with Gasteiger partial charge in [0.1, 0.15) is 5.75 Å². The number of amides is 1. The molecule has 0 radical (unpaired) electrons. The van der Waals surface area contributed by atoms with Crippen LogP contribution in [0, 0.1) is 6.92 Å². The molecule has 0 bridgehead atoms. The summed E-state index contributed by atoms with van der Waals surface area (Å²) in [5.41, 5.74) is 3.55. The van der Waals surface area contributed by atoms with Crippen molar-refractivity contribution in [1.82, 2.24) is 15.6 Å². The van der Waals surface area contributed by atoms with E-state index in [0.717, 1.165) is 10.8 Å². The van der Waals surface area contributed by atoms with Crippen LogP contribution in [0.3, 0.4) is 0 Å². The SMILES string of the molecule is Cc1[nH][nH]c(=O)c1CC(=O)N/N=C\c1c(O)ccc2ccccc12. The molecule has 7 nitrogen and oxygen atoms in total. The van der Waals surface area contributed by atoms with Crippen LogP contribution in [-0.2, 0) is 11.2 Å². The first-order valence-electron chi connectivity index (χ1n) is 7.35. The second kappa shape index (κ2) is 6.41. The summed E-state index contributed by atoms with van der Waals surface area (Å²) in [6.07, 6.45) is 1.31. The van der Waals surface area contributed by atoms with E-state index in [4.69, 9.17) is 0 Å². The number of phenols is 1. The van der Waals surface area contributed by atoms with Gasteiger partial charge < -0.3 is 10.2 Å². The van der Waals surface area contributed by atoms with E-state index in [9.17, 15) is 14.7 Å². The Bertz CT molecular complexity index is 985. The van der Waals surface area contributed by atoms with Gasteiger partial charge in [0.2, 0.25) is 5.91 Å². The Morgan fingerprint density at radius 1 is 1.25 bits per heavy atom. The van der Waals surface area contributed by atoms with Gasteiger partial charge in [0.05, 0.1) is 12.6 Å². The van der Waals surface area contributed by atoms with Crippen LogP contribution in [-0.4, -0.2) is 27.4 Å². The number of hydrazone groups is 1. The number of rotatable bonds is 4. The summed E-state index contributed by atoms with van der Waals surface area (Å²) in [6.45, 7) is 1.71. The molecular weight excluding hydrogens is 308 g/mol. The van der Waals surface area contributed by atoms with Crippen LogP contribution < -0.4 is 11.0 Å². The van der Waals surface area contributed by atoms with Gasteiger partial charge in [0, 0.05) is 16.8 Å². The molecule has 0 aliphatic carbocycles. The second-order valence-electron chi connectivity index (χ2n) is 5.37. The Labute approximate surface area is 137 Å². The number of nitrogens with one attached hydrogen (secondary N) is 3. The highest BCUT2D eigenvalue weighted by molar-refractivity contribution is 6.02. The van der Waals surface area contributed by atoms with E-state index in [2.05, 4.69) is 20.7 Å². The highest BCUT2D eigenvalue weighted by Crippen LogP contribution is 2.25. The lowest BCUT2D eigenvalue weighted by Crippen LogP contribution is -2.23. The molecular formula is C17H16N4O3. The van der Waals surface area contributed by atoms with Crippen molar-refractivity contribution in [3.63, 3.8) is 0 Å². The number of hydrogen-bond acceptors (Lipinski definition) is 4. The first kappa shape index (κ1) is 15.5. The van der Waals surface area contributed by atoms with E-state index >= 15 is 0 Å². The molecule has 0 saturated heterocycles. The lowest BCUT2D eigenvalue weighted by atomic mass is 10.0. The van der Waals surface area contributed by atoms with Crippen LogP contribution in [0.15, 0.2) is 46.3 Å². The lowest BCUT2D eigenvalue weighted by molar-refractivity contribution is -0.120. The van der Waals surface area contributed by atoms with Crippen LogP contribution in [0.1, 0.15) is 16.8 Å². The van der Waals surface area contributed by atoms with Crippen molar-refractivity contribution in [2.24, 2.45) is 5.10 Å². The molecule has 0 spiro atoms. The molecule has 0 atom stereocenters. The van der Waals surface area contributed by atoms with Crippen molar-refractivity contribution in [1.29, 1.82) is 0 Å². The van der Waals surface area contributed by atoms with Crippen molar-refractivity contribution >= 4 is 22.9 Å². The fourth-order valence-corrected chi connectivity index (χ4v) is 2.47. The highest BCUT2D eigenvalue weighted by atomic mass is 16.3. The van der Waals surface area contributed by atoms with Crippen LogP contribution in [0.5, 0.6) is 5.75 Å². The normalized spacial score (nSPS) is 11.2. The third-order valence-corrected chi connectivity index (χ3v) is 3.76. The number of fused-ring (bicyclic) bond motifs is 1. The Morgan fingerprint density at radius 2 is 2.04 bits per heavy atom. The largest absolute Gasteiger partial charge is 0.507 e. The number of nitrogens with zero attached hydrogens (tertiary/aromatic N) is 1. The number of aromatic hydroxyl groups is 1. The molecule has 2 aromatic carbocycles. The fraction of sp³-hybridized carbons (Fsp3) is 0.118. The van der Waals surface area contributed by atoms with Gasteiger partial charge in [-0.15, -0.1) is 0 Å². The van der Waals surface area contributed by atoms with Gasteiger partial charge in [-0.25, -0.2) is 5.43 Å². The molecule has 7 heteroatoms. The monoisotopic (exact) mass is 324 g/mol. The summed E-state index contributed by atoms with van der Waals surface area (Å²) in [6, 6.07) is 10.9. The number of aromatic nitrogens is 2. The maximum absolute atomic E-state index is 11.9. The number of aromatic amines is 2. The second-order valence-corrected chi connectivity index (χ2v) is 5.37. The molecule has 0 aliphatic heterocycles. The number of aryl methyl sites for hydroxylation is 1. The zero-order chi connectivity index (χ0) is 17.1. The molecule has 1 heterocycles. The highest BCUT2D eigenvalue weighted by Gasteiger charge is 2.11. The van der Waals surface area contributed by atoms with Crippen LogP contribution in [0.25, 0.3) is 10.8 Å². The Balaban J connectivity index is 1.76. The minimum absolute atomic E-state index is 0.0737. The zero-order valence-corrected chi connectivity index (χ0v) is 13.0. The number of phenolic OH excluding ortho intramolecular Hbond substituents is 1. The first-order valence-corrected chi connectivity index (χ1v) is 7.35. The van der Waals surface area contributed by atoms with E-state index in [-0.39, 0.29) is 17.7 Å². The number of hydrogen-bond donors (Lipinski definition) is 4. The maximum Gasteiger partial charge on any atom is 0.267 e. The number of benzene rings is 2. The fourth-order valence-electron chi connectivity index (χ4n) is 2.47. The van der Waals surface area contributed by atoms with Gasteiger partial charge in [-0.2, -0.15) is 5.10 Å². The van der Waals surface area contributed by atoms with Gasteiger partial charge in [-0.05, 0) is 23.8 Å². The molecule has 1 amide bonds. The van der Waals surface area contributed by atoms with Crippen molar-refractivity contribution < 1.29 is 9.90 Å². The summed E-state index contributed by atoms with van der Waals surface area (Å²) >= 11 is 0. The Kier molecular flexibility index (Phi) is 4.15. The van der Waals surface area contributed by atoms with Crippen LogP contribution in [0.4, 0.5) is 0 Å². The Hall–Kier alpha value is -3.35. The lowest BCUT2D eigenvalue weighted by Gasteiger charge is -2.04. The average molecular weight is 324 g/mol. The van der Waals surface area contributed by atoms with Gasteiger partial charge in [-0.1, -0.05) is 30.3 Å². The number of carbonyl (C=O) groups excluding carboxylic acids is 1. The van der Waals surface area contributed by atoms with E-state index in [1.54, 1.807) is 13.0 Å². The van der Waals surface area contributed by atoms with Gasteiger partial charge in [-0.3, -0.25) is 14.7 Å². The zero-order valence-electron chi connectivity index (χ0n) is 13.0. The number of carbonyl (C=O) groups is 1. The molecule has 3 rings (SSSR count). The van der Waals surface area contributed by atoms with E-state index in [1.807, 2.05) is 30.3 Å².